The molecule has 1 N–H and O–H groups in total. The van der Waals surface area contributed by atoms with Crippen LogP contribution < -0.4 is 10.1 Å². The molecule has 1 aromatic carbocycles. The van der Waals surface area contributed by atoms with Crippen molar-refractivity contribution in [2.75, 3.05) is 11.9 Å². The van der Waals surface area contributed by atoms with Crippen molar-refractivity contribution in [3.8, 4) is 5.75 Å². The van der Waals surface area contributed by atoms with E-state index in [4.69, 9.17) is 4.74 Å². The number of amides is 1. The summed E-state index contributed by atoms with van der Waals surface area (Å²) >= 11 is 1.41. The zero-order valence-electron chi connectivity index (χ0n) is 14.3. The van der Waals surface area contributed by atoms with Crippen LogP contribution in [0, 0.1) is 13.8 Å². The predicted octanol–water partition coefficient (Wildman–Crippen LogP) is 3.86. The maximum Gasteiger partial charge on any atom is 0.229 e. The second kappa shape index (κ2) is 7.08. The van der Waals surface area contributed by atoms with E-state index in [0.717, 1.165) is 16.3 Å². The minimum absolute atomic E-state index is 0.0628. The monoisotopic (exact) mass is 333 g/mol. The number of rotatable bonds is 5. The van der Waals surface area contributed by atoms with Crippen LogP contribution in [0.1, 0.15) is 43.3 Å². The third-order valence-electron chi connectivity index (χ3n) is 3.23. The summed E-state index contributed by atoms with van der Waals surface area (Å²) in [7, 11) is 0. The van der Waals surface area contributed by atoms with Crippen LogP contribution in [-0.2, 0) is 10.2 Å². The van der Waals surface area contributed by atoms with Gasteiger partial charge in [-0.3, -0.25) is 4.79 Å². The molecule has 0 spiro atoms. The minimum Gasteiger partial charge on any atom is -0.493 e. The molecule has 0 saturated carbocycles. The highest BCUT2D eigenvalue weighted by Crippen LogP contribution is 2.27. The molecule has 0 bridgehead atoms. The second-order valence-electron chi connectivity index (χ2n) is 6.58. The number of anilines is 1. The van der Waals surface area contributed by atoms with Crippen molar-refractivity contribution in [3.63, 3.8) is 0 Å². The molecule has 0 radical (unpaired) electrons. The van der Waals surface area contributed by atoms with Crippen LogP contribution in [0.2, 0.25) is 0 Å². The molecular weight excluding hydrogens is 310 g/mol. The van der Waals surface area contributed by atoms with E-state index in [1.165, 1.54) is 16.9 Å². The van der Waals surface area contributed by atoms with Gasteiger partial charge < -0.3 is 10.1 Å². The summed E-state index contributed by atoms with van der Waals surface area (Å²) in [5.74, 6) is 0.695. The highest BCUT2D eigenvalue weighted by Gasteiger charge is 2.19. The van der Waals surface area contributed by atoms with Crippen LogP contribution in [0.15, 0.2) is 18.2 Å². The second-order valence-corrected chi connectivity index (χ2v) is 7.56. The van der Waals surface area contributed by atoms with Gasteiger partial charge in [-0.05, 0) is 25.5 Å². The van der Waals surface area contributed by atoms with E-state index in [1.807, 2.05) is 26.0 Å². The Morgan fingerprint density at radius 2 is 2.00 bits per heavy atom. The number of carbonyl (C=O) groups excluding carboxylic acids is 1. The Balaban J connectivity index is 1.82. The standard InChI is InChI=1S/C17H23N3O2S/c1-11-6-7-13(12(2)10-11)22-9-8-14(21)18-16-20-19-15(23-16)17(3,4)5/h6-7,10H,8-9H2,1-5H3,(H,18,20,21). The molecule has 0 aliphatic rings. The lowest BCUT2D eigenvalue weighted by atomic mass is 9.98. The number of ether oxygens (including phenoxy) is 1. The first-order valence-electron chi connectivity index (χ1n) is 7.59. The Kier molecular flexibility index (Phi) is 5.36. The van der Waals surface area contributed by atoms with Crippen LogP contribution in [0.5, 0.6) is 5.75 Å². The molecule has 2 aromatic rings. The van der Waals surface area contributed by atoms with Gasteiger partial charge in [0, 0.05) is 5.41 Å². The molecule has 2 rings (SSSR count). The highest BCUT2D eigenvalue weighted by atomic mass is 32.1. The molecule has 5 nitrogen and oxygen atoms in total. The molecule has 0 saturated heterocycles. The quantitative estimate of drug-likeness (QED) is 0.902. The third kappa shape index (κ3) is 5.03. The van der Waals surface area contributed by atoms with Crippen molar-refractivity contribution in [1.82, 2.24) is 10.2 Å². The summed E-state index contributed by atoms with van der Waals surface area (Å²) in [6.45, 7) is 10.6. The van der Waals surface area contributed by atoms with Crippen LogP contribution in [-0.4, -0.2) is 22.7 Å². The fourth-order valence-corrected chi connectivity index (χ4v) is 2.79. The third-order valence-corrected chi connectivity index (χ3v) is 4.49. The summed E-state index contributed by atoms with van der Waals surface area (Å²) in [6, 6.07) is 5.99. The zero-order chi connectivity index (χ0) is 17.0. The summed E-state index contributed by atoms with van der Waals surface area (Å²) in [5.41, 5.74) is 2.20. The fraction of sp³-hybridized carbons (Fsp3) is 0.471. The SMILES string of the molecule is Cc1ccc(OCCC(=O)Nc2nnc(C(C)(C)C)s2)c(C)c1. The number of carbonyl (C=O) groups is 1. The maximum atomic E-state index is 11.9. The first-order valence-corrected chi connectivity index (χ1v) is 8.41. The van der Waals surface area contributed by atoms with Gasteiger partial charge in [0.2, 0.25) is 11.0 Å². The number of hydrogen-bond acceptors (Lipinski definition) is 5. The fourth-order valence-electron chi connectivity index (χ4n) is 1.97. The number of benzene rings is 1. The van der Waals surface area contributed by atoms with E-state index in [2.05, 4.69) is 42.4 Å². The van der Waals surface area contributed by atoms with Crippen molar-refractivity contribution in [3.05, 3.63) is 34.3 Å². The summed E-state index contributed by atoms with van der Waals surface area (Å²) < 4.78 is 5.67. The molecule has 6 heteroatoms. The highest BCUT2D eigenvalue weighted by molar-refractivity contribution is 7.15. The van der Waals surface area contributed by atoms with Gasteiger partial charge >= 0.3 is 0 Å². The lowest BCUT2D eigenvalue weighted by molar-refractivity contribution is -0.116. The number of nitrogens with zero attached hydrogens (tertiary/aromatic N) is 2. The zero-order valence-corrected chi connectivity index (χ0v) is 15.1. The maximum absolute atomic E-state index is 11.9. The smallest absolute Gasteiger partial charge is 0.229 e. The van der Waals surface area contributed by atoms with E-state index in [1.54, 1.807) is 0 Å². The predicted molar refractivity (Wildman–Crippen MR) is 93.3 cm³/mol. The van der Waals surface area contributed by atoms with E-state index in [9.17, 15) is 4.79 Å². The summed E-state index contributed by atoms with van der Waals surface area (Å²) in [6.07, 6.45) is 0.276. The molecule has 1 amide bonds. The van der Waals surface area contributed by atoms with Gasteiger partial charge in [0.15, 0.2) is 0 Å². The van der Waals surface area contributed by atoms with Gasteiger partial charge in [-0.25, -0.2) is 0 Å². The van der Waals surface area contributed by atoms with Crippen molar-refractivity contribution < 1.29 is 9.53 Å². The van der Waals surface area contributed by atoms with Gasteiger partial charge in [0.25, 0.3) is 0 Å². The average Bonchev–Trinajstić information content (AvgIpc) is 2.89. The number of hydrogen-bond donors (Lipinski definition) is 1. The van der Waals surface area contributed by atoms with E-state index >= 15 is 0 Å². The molecule has 0 aliphatic heterocycles. The molecule has 124 valence electrons. The lowest BCUT2D eigenvalue weighted by Crippen LogP contribution is -2.15. The number of aromatic nitrogens is 2. The summed E-state index contributed by atoms with van der Waals surface area (Å²) in [5, 5.41) is 12.3. The molecule has 1 heterocycles. The van der Waals surface area contributed by atoms with Crippen LogP contribution in [0.4, 0.5) is 5.13 Å². The van der Waals surface area contributed by atoms with Crippen molar-refractivity contribution in [2.45, 2.75) is 46.5 Å². The van der Waals surface area contributed by atoms with Gasteiger partial charge in [0.1, 0.15) is 10.8 Å². The normalized spacial score (nSPS) is 11.3. The van der Waals surface area contributed by atoms with E-state index in [0.29, 0.717) is 11.7 Å². The largest absolute Gasteiger partial charge is 0.493 e. The Morgan fingerprint density at radius 1 is 1.26 bits per heavy atom. The lowest BCUT2D eigenvalue weighted by Gasteiger charge is -2.12. The first kappa shape index (κ1) is 17.4. The topological polar surface area (TPSA) is 64.1 Å². The molecular formula is C17H23N3O2S. The van der Waals surface area contributed by atoms with Crippen LogP contribution >= 0.6 is 11.3 Å². The first-order chi connectivity index (χ1) is 10.8. The Bertz CT molecular complexity index is 689. The molecule has 0 unspecified atom stereocenters. The Labute approximate surface area is 141 Å². The van der Waals surface area contributed by atoms with E-state index < -0.39 is 0 Å². The van der Waals surface area contributed by atoms with Gasteiger partial charge in [-0.2, -0.15) is 0 Å². The van der Waals surface area contributed by atoms with Crippen LogP contribution in [0.3, 0.4) is 0 Å². The van der Waals surface area contributed by atoms with Crippen LogP contribution in [0.25, 0.3) is 0 Å². The molecule has 0 fully saturated rings. The van der Waals surface area contributed by atoms with E-state index in [-0.39, 0.29) is 17.7 Å². The molecule has 0 aliphatic carbocycles. The van der Waals surface area contributed by atoms with Gasteiger partial charge in [-0.15, -0.1) is 10.2 Å². The van der Waals surface area contributed by atoms with Crippen molar-refractivity contribution >= 4 is 22.4 Å². The van der Waals surface area contributed by atoms with Crippen molar-refractivity contribution in [1.29, 1.82) is 0 Å². The van der Waals surface area contributed by atoms with Gasteiger partial charge in [0.05, 0.1) is 13.0 Å². The van der Waals surface area contributed by atoms with Crippen molar-refractivity contribution in [2.24, 2.45) is 0 Å². The van der Waals surface area contributed by atoms with Gasteiger partial charge in [-0.1, -0.05) is 49.8 Å². The number of aryl methyl sites for hydroxylation is 2. The molecule has 23 heavy (non-hydrogen) atoms. The average molecular weight is 333 g/mol. The minimum atomic E-state index is -0.119. The Hall–Kier alpha value is -1.95. The number of nitrogens with one attached hydrogen (secondary N) is 1. The molecule has 0 atom stereocenters. The Morgan fingerprint density at radius 3 is 2.61 bits per heavy atom. The summed E-state index contributed by atoms with van der Waals surface area (Å²) in [4.78, 5) is 11.9. The molecule has 1 aromatic heterocycles.